The number of phenols is 1. The van der Waals surface area contributed by atoms with Crippen LogP contribution in [-0.4, -0.2) is 59.2 Å². The van der Waals surface area contributed by atoms with Gasteiger partial charge in [-0.05, 0) is 68.0 Å². The van der Waals surface area contributed by atoms with Crippen molar-refractivity contribution in [3.8, 4) is 11.8 Å². The zero-order valence-corrected chi connectivity index (χ0v) is 23.7. The lowest BCUT2D eigenvalue weighted by atomic mass is 9.77. The van der Waals surface area contributed by atoms with Gasteiger partial charge in [-0.2, -0.15) is 10.4 Å². The minimum Gasteiger partial charge on any atom is -0.507 e. The summed E-state index contributed by atoms with van der Waals surface area (Å²) >= 11 is 0. The Labute approximate surface area is 243 Å². The zero-order chi connectivity index (χ0) is 29.3. The van der Waals surface area contributed by atoms with E-state index in [4.69, 9.17) is 9.84 Å². The van der Waals surface area contributed by atoms with Crippen molar-refractivity contribution in [1.82, 2.24) is 20.1 Å². The van der Waals surface area contributed by atoms with Crippen molar-refractivity contribution >= 4 is 26.6 Å². The summed E-state index contributed by atoms with van der Waals surface area (Å²) in [6.07, 6.45) is 5.97. The second kappa shape index (κ2) is 11.5. The van der Waals surface area contributed by atoms with E-state index in [1.54, 1.807) is 59.5 Å². The van der Waals surface area contributed by atoms with Crippen LogP contribution in [0.3, 0.4) is 0 Å². The highest BCUT2D eigenvalue weighted by atomic mass is 32.2. The van der Waals surface area contributed by atoms with Crippen molar-refractivity contribution < 1.29 is 23.1 Å². The molecule has 2 unspecified atom stereocenters. The average Bonchev–Trinajstić information content (AvgIpc) is 3.80. The van der Waals surface area contributed by atoms with Crippen LogP contribution in [0, 0.1) is 17.2 Å². The van der Waals surface area contributed by atoms with Crippen LogP contribution in [0.4, 0.5) is 0 Å². The van der Waals surface area contributed by atoms with Gasteiger partial charge in [0.1, 0.15) is 11.8 Å². The molecular formula is C31H31N5O5S. The molecule has 1 saturated carbocycles. The van der Waals surface area contributed by atoms with Gasteiger partial charge in [-0.3, -0.25) is 14.5 Å². The summed E-state index contributed by atoms with van der Waals surface area (Å²) < 4.78 is 34.0. The Bertz CT molecular complexity index is 1770. The molecule has 2 aromatic heterocycles. The Morgan fingerprint density at radius 2 is 1.88 bits per heavy atom. The summed E-state index contributed by atoms with van der Waals surface area (Å²) in [5.41, 5.74) is 1.78. The van der Waals surface area contributed by atoms with Gasteiger partial charge >= 0.3 is 0 Å². The van der Waals surface area contributed by atoms with E-state index in [9.17, 15) is 23.6 Å². The maximum atomic E-state index is 13.3. The Kier molecular flexibility index (Phi) is 7.66. The molecule has 1 amide bonds. The number of aromatic nitrogens is 3. The predicted octanol–water partition coefficient (Wildman–Crippen LogP) is 4.13. The van der Waals surface area contributed by atoms with E-state index in [2.05, 4.69) is 16.4 Å². The van der Waals surface area contributed by atoms with Gasteiger partial charge in [-0.25, -0.2) is 8.42 Å². The number of sulfone groups is 1. The number of benzene rings is 2. The van der Waals surface area contributed by atoms with E-state index in [-0.39, 0.29) is 39.8 Å². The third-order valence-electron chi connectivity index (χ3n) is 8.27. The lowest BCUT2D eigenvalue weighted by Gasteiger charge is -2.36. The quantitative estimate of drug-likeness (QED) is 0.298. The Morgan fingerprint density at radius 3 is 2.62 bits per heavy atom. The van der Waals surface area contributed by atoms with Crippen LogP contribution in [0.5, 0.6) is 5.75 Å². The SMILES string of the molecule is N#Cc1cccnc1C(C1CCOCC1)C(CNC(=O)c1ccccc1O)n1ncc2c(S(=O)(=O)C3CC3)cccc21. The largest absolute Gasteiger partial charge is 0.507 e. The van der Waals surface area contributed by atoms with Crippen molar-refractivity contribution in [1.29, 1.82) is 5.26 Å². The molecule has 2 fully saturated rings. The van der Waals surface area contributed by atoms with Gasteiger partial charge < -0.3 is 15.2 Å². The predicted molar refractivity (Wildman–Crippen MR) is 155 cm³/mol. The Morgan fingerprint density at radius 1 is 1.10 bits per heavy atom. The van der Waals surface area contributed by atoms with E-state index in [0.717, 1.165) is 12.8 Å². The van der Waals surface area contributed by atoms with E-state index in [1.165, 1.54) is 6.07 Å². The number of nitrogens with zero attached hydrogens (tertiary/aromatic N) is 4. The third-order valence-corrected chi connectivity index (χ3v) is 10.6. The molecule has 0 spiro atoms. The summed E-state index contributed by atoms with van der Waals surface area (Å²) in [4.78, 5) is 18.2. The van der Waals surface area contributed by atoms with Crippen molar-refractivity contribution in [2.75, 3.05) is 19.8 Å². The van der Waals surface area contributed by atoms with Crippen LogP contribution in [0.2, 0.25) is 0 Å². The number of nitriles is 1. The number of aromatic hydroxyl groups is 1. The number of ether oxygens (including phenoxy) is 1. The Balaban J connectivity index is 1.48. The molecule has 10 nitrogen and oxygen atoms in total. The van der Waals surface area contributed by atoms with E-state index in [0.29, 0.717) is 48.2 Å². The number of fused-ring (bicyclic) bond motifs is 1. The molecule has 2 atom stereocenters. The highest BCUT2D eigenvalue weighted by molar-refractivity contribution is 7.92. The molecule has 0 bridgehead atoms. The van der Waals surface area contributed by atoms with Crippen LogP contribution in [-0.2, 0) is 14.6 Å². The molecule has 2 N–H and O–H groups in total. The first-order valence-electron chi connectivity index (χ1n) is 14.1. The number of hydrogen-bond acceptors (Lipinski definition) is 8. The number of rotatable bonds is 9. The van der Waals surface area contributed by atoms with Gasteiger partial charge in [0.15, 0.2) is 9.84 Å². The highest BCUT2D eigenvalue weighted by Gasteiger charge is 2.40. The fourth-order valence-corrected chi connectivity index (χ4v) is 7.86. The van der Waals surface area contributed by atoms with Gasteiger partial charge in [0, 0.05) is 37.3 Å². The molecule has 216 valence electrons. The number of para-hydroxylation sites is 1. The molecule has 2 aromatic carbocycles. The number of carbonyl (C=O) groups excluding carboxylic acids is 1. The van der Waals surface area contributed by atoms with E-state index in [1.807, 2.05) is 6.07 Å². The first kappa shape index (κ1) is 27.9. The lowest BCUT2D eigenvalue weighted by Crippen LogP contribution is -2.38. The number of pyridine rings is 1. The maximum Gasteiger partial charge on any atom is 0.255 e. The first-order chi connectivity index (χ1) is 20.4. The molecular weight excluding hydrogens is 554 g/mol. The van der Waals surface area contributed by atoms with E-state index >= 15 is 0 Å². The lowest BCUT2D eigenvalue weighted by molar-refractivity contribution is 0.0491. The number of hydrogen-bond donors (Lipinski definition) is 2. The molecule has 0 radical (unpaired) electrons. The second-order valence-corrected chi connectivity index (χ2v) is 13.0. The van der Waals surface area contributed by atoms with Gasteiger partial charge in [0.2, 0.25) is 0 Å². The number of phenolic OH excluding ortho intramolecular Hbond substituents is 1. The smallest absolute Gasteiger partial charge is 0.255 e. The molecule has 1 aliphatic carbocycles. The zero-order valence-electron chi connectivity index (χ0n) is 22.9. The minimum absolute atomic E-state index is 0.0467. The van der Waals surface area contributed by atoms with Gasteiger partial charge in [0.05, 0.1) is 44.7 Å². The van der Waals surface area contributed by atoms with E-state index < -0.39 is 21.8 Å². The number of amides is 1. The molecule has 4 aromatic rings. The van der Waals surface area contributed by atoms with Crippen LogP contribution >= 0.6 is 0 Å². The van der Waals surface area contributed by atoms with Gasteiger partial charge in [-0.1, -0.05) is 18.2 Å². The van der Waals surface area contributed by atoms with Crippen molar-refractivity contribution in [3.63, 3.8) is 0 Å². The summed E-state index contributed by atoms with van der Waals surface area (Å²) in [5.74, 6) is -0.908. The molecule has 3 heterocycles. The van der Waals surface area contributed by atoms with Crippen LogP contribution in [0.1, 0.15) is 59.3 Å². The summed E-state index contributed by atoms with van der Waals surface area (Å²) in [5, 5.41) is 28.2. The van der Waals surface area contributed by atoms with Crippen molar-refractivity contribution in [3.05, 3.63) is 83.8 Å². The average molecular weight is 586 g/mol. The first-order valence-corrected chi connectivity index (χ1v) is 15.6. The van der Waals surface area contributed by atoms with Crippen LogP contribution in [0.25, 0.3) is 10.9 Å². The third kappa shape index (κ3) is 5.24. The molecule has 1 aliphatic heterocycles. The summed E-state index contributed by atoms with van der Waals surface area (Å²) in [7, 11) is -3.50. The monoisotopic (exact) mass is 585 g/mol. The topological polar surface area (TPSA) is 147 Å². The molecule has 2 aliphatic rings. The molecule has 1 saturated heterocycles. The van der Waals surface area contributed by atoms with Gasteiger partial charge in [-0.15, -0.1) is 0 Å². The minimum atomic E-state index is -3.50. The fraction of sp³-hybridized carbons (Fsp3) is 0.355. The second-order valence-electron chi connectivity index (χ2n) is 10.8. The number of nitrogens with one attached hydrogen (secondary N) is 1. The van der Waals surface area contributed by atoms with Crippen LogP contribution in [0.15, 0.2) is 71.9 Å². The molecule has 6 rings (SSSR count). The van der Waals surface area contributed by atoms with Gasteiger partial charge in [0.25, 0.3) is 5.91 Å². The van der Waals surface area contributed by atoms with Crippen molar-refractivity contribution in [2.45, 2.75) is 47.8 Å². The standard InChI is InChI=1S/C31H31N5O5S/c32-17-21-5-4-14-33-30(21)29(20-12-15-41-16-13-20)26(19-34-31(38)23-6-1-2-8-27(23)37)36-25-7-3-9-28(24(25)18-35-36)42(39,40)22-10-11-22/h1-9,14,18,20,22,26,29,37H,10-13,15-16,19H2,(H,34,38). The summed E-state index contributed by atoms with van der Waals surface area (Å²) in [6, 6.07) is 16.7. The van der Waals surface area contributed by atoms with Crippen LogP contribution < -0.4 is 5.32 Å². The number of carbonyl (C=O) groups is 1. The summed E-state index contributed by atoms with van der Waals surface area (Å²) in [6.45, 7) is 1.19. The molecule has 11 heteroatoms. The Hall–Kier alpha value is -4.27. The maximum absolute atomic E-state index is 13.3. The highest BCUT2D eigenvalue weighted by Crippen LogP contribution is 2.43. The molecule has 42 heavy (non-hydrogen) atoms. The fourth-order valence-electron chi connectivity index (χ4n) is 6.01. The normalized spacial score (nSPS) is 17.4. The van der Waals surface area contributed by atoms with Crippen molar-refractivity contribution in [2.24, 2.45) is 5.92 Å².